The summed E-state index contributed by atoms with van der Waals surface area (Å²) in [5.41, 5.74) is 0. The van der Waals surface area contributed by atoms with Gasteiger partial charge in [0.1, 0.15) is 11.5 Å². The molecule has 0 aliphatic rings. The van der Waals surface area contributed by atoms with Gasteiger partial charge in [-0.3, -0.25) is 0 Å². The summed E-state index contributed by atoms with van der Waals surface area (Å²) in [6, 6.07) is 12.5. The fourth-order valence-electron chi connectivity index (χ4n) is 1.04. The van der Waals surface area contributed by atoms with Crippen molar-refractivity contribution in [3.05, 3.63) is 48.7 Å². The Morgan fingerprint density at radius 1 is 1.00 bits per heavy atom. The Balaban J connectivity index is 2.16. The van der Waals surface area contributed by atoms with Crippen LogP contribution in [0.1, 0.15) is 0 Å². The SMILES string of the molecule is Oc1ccc(Oc2ccccc2)nc1. The molecule has 0 aliphatic heterocycles. The van der Waals surface area contributed by atoms with Crippen LogP contribution >= 0.6 is 0 Å². The van der Waals surface area contributed by atoms with Crippen LogP contribution in [0.15, 0.2) is 48.7 Å². The van der Waals surface area contributed by atoms with E-state index in [1.54, 1.807) is 6.07 Å². The predicted molar refractivity (Wildman–Crippen MR) is 52.4 cm³/mol. The van der Waals surface area contributed by atoms with E-state index in [0.717, 1.165) is 5.75 Å². The lowest BCUT2D eigenvalue weighted by molar-refractivity contribution is 0.447. The summed E-state index contributed by atoms with van der Waals surface area (Å²) >= 11 is 0. The molecule has 1 aromatic heterocycles. The number of hydrogen-bond acceptors (Lipinski definition) is 3. The zero-order valence-corrected chi connectivity index (χ0v) is 7.42. The summed E-state index contributed by atoms with van der Waals surface area (Å²) in [5.74, 6) is 1.32. The molecule has 70 valence electrons. The van der Waals surface area contributed by atoms with Crippen LogP contribution < -0.4 is 4.74 Å². The molecule has 2 rings (SSSR count). The lowest BCUT2D eigenvalue weighted by Gasteiger charge is -2.03. The smallest absolute Gasteiger partial charge is 0.219 e. The monoisotopic (exact) mass is 187 g/mol. The molecule has 0 saturated heterocycles. The zero-order chi connectivity index (χ0) is 9.80. The standard InChI is InChI=1S/C11H9NO2/c13-9-6-7-11(12-8-9)14-10-4-2-1-3-5-10/h1-8,13H. The van der Waals surface area contributed by atoms with Crippen LogP contribution in [0, 0.1) is 0 Å². The van der Waals surface area contributed by atoms with Gasteiger partial charge in [0.2, 0.25) is 5.88 Å². The van der Waals surface area contributed by atoms with Gasteiger partial charge in [0.05, 0.1) is 6.20 Å². The van der Waals surface area contributed by atoms with Gasteiger partial charge in [0.15, 0.2) is 0 Å². The lowest BCUT2D eigenvalue weighted by atomic mass is 10.3. The van der Waals surface area contributed by atoms with Crippen LogP contribution in [0.4, 0.5) is 0 Å². The Morgan fingerprint density at radius 3 is 2.43 bits per heavy atom. The normalized spacial score (nSPS) is 9.71. The topological polar surface area (TPSA) is 42.4 Å². The highest BCUT2D eigenvalue weighted by Crippen LogP contribution is 2.19. The predicted octanol–water partition coefficient (Wildman–Crippen LogP) is 2.58. The van der Waals surface area contributed by atoms with Gasteiger partial charge < -0.3 is 9.84 Å². The molecule has 0 unspecified atom stereocenters. The number of para-hydroxylation sites is 1. The fourth-order valence-corrected chi connectivity index (χ4v) is 1.04. The van der Waals surface area contributed by atoms with Gasteiger partial charge in [-0.25, -0.2) is 4.98 Å². The first-order chi connectivity index (χ1) is 6.84. The second-order valence-corrected chi connectivity index (χ2v) is 2.77. The van der Waals surface area contributed by atoms with Gasteiger partial charge in [-0.15, -0.1) is 0 Å². The summed E-state index contributed by atoms with van der Waals surface area (Å²) in [5, 5.41) is 9.00. The van der Waals surface area contributed by atoms with Crippen molar-refractivity contribution in [3.63, 3.8) is 0 Å². The van der Waals surface area contributed by atoms with Gasteiger partial charge in [-0.2, -0.15) is 0 Å². The van der Waals surface area contributed by atoms with Crippen LogP contribution in [0.2, 0.25) is 0 Å². The maximum Gasteiger partial charge on any atom is 0.219 e. The number of ether oxygens (including phenoxy) is 1. The van der Waals surface area contributed by atoms with Crippen LogP contribution in [0.3, 0.4) is 0 Å². The summed E-state index contributed by atoms with van der Waals surface area (Å²) in [7, 11) is 0. The molecule has 1 heterocycles. The van der Waals surface area contributed by atoms with Crippen molar-refractivity contribution in [1.29, 1.82) is 0 Å². The van der Waals surface area contributed by atoms with Crippen LogP contribution in [0.25, 0.3) is 0 Å². The average molecular weight is 187 g/mol. The fraction of sp³-hybridized carbons (Fsp3) is 0. The first kappa shape index (κ1) is 8.56. The average Bonchev–Trinajstić information content (AvgIpc) is 2.23. The Hall–Kier alpha value is -2.03. The number of benzene rings is 1. The highest BCUT2D eigenvalue weighted by molar-refractivity contribution is 5.28. The number of aromatic nitrogens is 1. The Kier molecular flexibility index (Phi) is 2.32. The first-order valence-electron chi connectivity index (χ1n) is 4.22. The van der Waals surface area contributed by atoms with Gasteiger partial charge in [-0.1, -0.05) is 18.2 Å². The maximum atomic E-state index is 9.00. The van der Waals surface area contributed by atoms with Crippen molar-refractivity contribution in [2.45, 2.75) is 0 Å². The second-order valence-electron chi connectivity index (χ2n) is 2.77. The number of rotatable bonds is 2. The summed E-state index contributed by atoms with van der Waals surface area (Å²) in [4.78, 5) is 3.90. The third kappa shape index (κ3) is 2.01. The van der Waals surface area contributed by atoms with E-state index >= 15 is 0 Å². The highest BCUT2D eigenvalue weighted by Gasteiger charge is 1.96. The molecule has 0 bridgehead atoms. The molecule has 0 spiro atoms. The van der Waals surface area contributed by atoms with E-state index in [-0.39, 0.29) is 5.75 Å². The summed E-state index contributed by atoms with van der Waals surface area (Å²) in [6.07, 6.45) is 1.35. The molecule has 0 aliphatic carbocycles. The van der Waals surface area contributed by atoms with Gasteiger partial charge in [-0.05, 0) is 18.2 Å². The lowest BCUT2D eigenvalue weighted by Crippen LogP contribution is -1.85. The minimum absolute atomic E-state index is 0.130. The van der Waals surface area contributed by atoms with Crippen LogP contribution in [-0.4, -0.2) is 10.1 Å². The largest absolute Gasteiger partial charge is 0.506 e. The minimum Gasteiger partial charge on any atom is -0.506 e. The molecule has 2 aromatic rings. The highest BCUT2D eigenvalue weighted by atomic mass is 16.5. The molecule has 0 saturated carbocycles. The minimum atomic E-state index is 0.130. The molecule has 0 radical (unpaired) electrons. The van der Waals surface area contributed by atoms with Crippen molar-refractivity contribution in [3.8, 4) is 17.4 Å². The van der Waals surface area contributed by atoms with Gasteiger partial charge in [0.25, 0.3) is 0 Å². The molecular weight excluding hydrogens is 178 g/mol. The molecule has 1 aromatic carbocycles. The summed E-state index contributed by atoms with van der Waals surface area (Å²) in [6.45, 7) is 0. The Labute approximate surface area is 81.6 Å². The third-order valence-electron chi connectivity index (χ3n) is 1.69. The van der Waals surface area contributed by atoms with Crippen molar-refractivity contribution < 1.29 is 9.84 Å². The van der Waals surface area contributed by atoms with Crippen LogP contribution in [0.5, 0.6) is 17.4 Å². The second kappa shape index (κ2) is 3.79. The third-order valence-corrected chi connectivity index (χ3v) is 1.69. The van der Waals surface area contributed by atoms with Crippen molar-refractivity contribution in [1.82, 2.24) is 4.98 Å². The number of nitrogens with zero attached hydrogens (tertiary/aromatic N) is 1. The van der Waals surface area contributed by atoms with E-state index in [9.17, 15) is 0 Å². The Morgan fingerprint density at radius 2 is 1.79 bits per heavy atom. The van der Waals surface area contributed by atoms with E-state index in [1.807, 2.05) is 30.3 Å². The van der Waals surface area contributed by atoms with E-state index in [1.165, 1.54) is 12.3 Å². The van der Waals surface area contributed by atoms with Crippen molar-refractivity contribution in [2.75, 3.05) is 0 Å². The molecule has 3 nitrogen and oxygen atoms in total. The van der Waals surface area contributed by atoms with E-state index in [4.69, 9.17) is 9.84 Å². The van der Waals surface area contributed by atoms with E-state index in [2.05, 4.69) is 4.98 Å². The van der Waals surface area contributed by atoms with Gasteiger partial charge in [0, 0.05) is 6.07 Å². The van der Waals surface area contributed by atoms with E-state index < -0.39 is 0 Å². The zero-order valence-electron chi connectivity index (χ0n) is 7.42. The Bertz CT molecular complexity index is 397. The number of aromatic hydroxyl groups is 1. The van der Waals surface area contributed by atoms with Crippen LogP contribution in [-0.2, 0) is 0 Å². The molecular formula is C11H9NO2. The van der Waals surface area contributed by atoms with Gasteiger partial charge >= 0.3 is 0 Å². The molecule has 1 N–H and O–H groups in total. The molecule has 0 amide bonds. The quantitative estimate of drug-likeness (QED) is 0.785. The molecule has 14 heavy (non-hydrogen) atoms. The maximum absolute atomic E-state index is 9.00. The first-order valence-corrected chi connectivity index (χ1v) is 4.22. The van der Waals surface area contributed by atoms with E-state index in [0.29, 0.717) is 5.88 Å². The van der Waals surface area contributed by atoms with Crippen molar-refractivity contribution >= 4 is 0 Å². The number of pyridine rings is 1. The molecule has 3 heteroatoms. The summed E-state index contributed by atoms with van der Waals surface area (Å²) < 4.78 is 5.41. The molecule has 0 fully saturated rings. The number of hydrogen-bond donors (Lipinski definition) is 1. The van der Waals surface area contributed by atoms with Crippen molar-refractivity contribution in [2.24, 2.45) is 0 Å². The molecule has 0 atom stereocenters.